The monoisotopic (exact) mass is 236 g/mol. The summed E-state index contributed by atoms with van der Waals surface area (Å²) >= 11 is 0. The molecule has 0 bridgehead atoms. The minimum absolute atomic E-state index is 0.0931. The topological polar surface area (TPSA) is 51.2 Å². The molecule has 0 aliphatic rings. The molecule has 94 valence electrons. The summed E-state index contributed by atoms with van der Waals surface area (Å²) in [6.07, 6.45) is 2.47. The standard InChI is InChI=1S/C13H20N2O2/c1-13(2,3)7-8-14-12(16)10-5-6-11(17-4)15-9-10/h5-6,9H,7-8H2,1-4H3,(H,14,16). The molecule has 0 aliphatic heterocycles. The Morgan fingerprint density at radius 1 is 1.41 bits per heavy atom. The predicted octanol–water partition coefficient (Wildman–Crippen LogP) is 2.26. The number of carbonyl (C=O) groups is 1. The number of methoxy groups -OCH3 is 1. The molecule has 1 aromatic heterocycles. The average molecular weight is 236 g/mol. The van der Waals surface area contributed by atoms with Crippen LogP contribution in [0.15, 0.2) is 18.3 Å². The number of amides is 1. The first kappa shape index (κ1) is 13.5. The second-order valence-electron chi connectivity index (χ2n) is 5.16. The summed E-state index contributed by atoms with van der Waals surface area (Å²) in [5.41, 5.74) is 0.783. The lowest BCUT2D eigenvalue weighted by molar-refractivity contribution is 0.0949. The molecule has 4 heteroatoms. The van der Waals surface area contributed by atoms with Crippen LogP contribution in [0.1, 0.15) is 37.6 Å². The number of rotatable bonds is 4. The fraction of sp³-hybridized carbons (Fsp3) is 0.538. The van der Waals surface area contributed by atoms with Gasteiger partial charge in [0.2, 0.25) is 5.88 Å². The summed E-state index contributed by atoms with van der Waals surface area (Å²) in [5.74, 6) is 0.417. The Morgan fingerprint density at radius 2 is 2.12 bits per heavy atom. The molecule has 0 aliphatic carbocycles. The van der Waals surface area contributed by atoms with E-state index in [9.17, 15) is 4.79 Å². The summed E-state index contributed by atoms with van der Waals surface area (Å²) in [4.78, 5) is 15.7. The Kier molecular flexibility index (Phi) is 4.49. The van der Waals surface area contributed by atoms with Crippen LogP contribution >= 0.6 is 0 Å². The van der Waals surface area contributed by atoms with Gasteiger partial charge in [0.05, 0.1) is 12.7 Å². The van der Waals surface area contributed by atoms with Crippen LogP contribution in [0.3, 0.4) is 0 Å². The first-order valence-corrected chi connectivity index (χ1v) is 5.70. The van der Waals surface area contributed by atoms with Crippen LogP contribution in [0.25, 0.3) is 0 Å². The lowest BCUT2D eigenvalue weighted by atomic mass is 9.92. The van der Waals surface area contributed by atoms with Crippen LogP contribution in [-0.4, -0.2) is 24.5 Å². The van der Waals surface area contributed by atoms with Crippen LogP contribution in [-0.2, 0) is 0 Å². The van der Waals surface area contributed by atoms with Gasteiger partial charge in [0.25, 0.3) is 5.91 Å². The number of nitrogens with one attached hydrogen (secondary N) is 1. The number of pyridine rings is 1. The van der Waals surface area contributed by atoms with Crippen LogP contribution < -0.4 is 10.1 Å². The van der Waals surface area contributed by atoms with E-state index in [0.717, 1.165) is 6.42 Å². The van der Waals surface area contributed by atoms with Crippen molar-refractivity contribution in [2.45, 2.75) is 27.2 Å². The molecule has 1 aromatic rings. The summed E-state index contributed by atoms with van der Waals surface area (Å²) in [5, 5.41) is 2.87. The molecule has 0 radical (unpaired) electrons. The van der Waals surface area contributed by atoms with Gasteiger partial charge in [-0.1, -0.05) is 20.8 Å². The molecular formula is C13H20N2O2. The molecule has 1 rings (SSSR count). The highest BCUT2D eigenvalue weighted by atomic mass is 16.5. The van der Waals surface area contributed by atoms with Gasteiger partial charge in [-0.25, -0.2) is 4.98 Å². The van der Waals surface area contributed by atoms with Crippen molar-refractivity contribution in [2.75, 3.05) is 13.7 Å². The first-order valence-electron chi connectivity index (χ1n) is 5.70. The summed E-state index contributed by atoms with van der Waals surface area (Å²) in [6, 6.07) is 3.39. The predicted molar refractivity (Wildman–Crippen MR) is 67.2 cm³/mol. The van der Waals surface area contributed by atoms with E-state index in [1.54, 1.807) is 19.2 Å². The SMILES string of the molecule is COc1ccc(C(=O)NCCC(C)(C)C)cn1. The maximum atomic E-state index is 11.7. The zero-order chi connectivity index (χ0) is 12.9. The third kappa shape index (κ3) is 4.85. The quantitative estimate of drug-likeness (QED) is 0.872. The average Bonchev–Trinajstić information content (AvgIpc) is 2.27. The third-order valence-corrected chi connectivity index (χ3v) is 2.37. The lowest BCUT2D eigenvalue weighted by Crippen LogP contribution is -2.27. The van der Waals surface area contributed by atoms with Gasteiger partial charge in [-0.2, -0.15) is 0 Å². The number of carbonyl (C=O) groups excluding carboxylic acids is 1. The molecule has 1 N–H and O–H groups in total. The Labute approximate surface area is 102 Å². The fourth-order valence-electron chi connectivity index (χ4n) is 1.29. The smallest absolute Gasteiger partial charge is 0.252 e. The van der Waals surface area contributed by atoms with Crippen molar-refractivity contribution in [1.29, 1.82) is 0 Å². The molecule has 0 aromatic carbocycles. The van der Waals surface area contributed by atoms with E-state index in [0.29, 0.717) is 18.0 Å². The van der Waals surface area contributed by atoms with Gasteiger partial charge in [0.15, 0.2) is 0 Å². The van der Waals surface area contributed by atoms with E-state index >= 15 is 0 Å². The van der Waals surface area contributed by atoms with Crippen molar-refractivity contribution < 1.29 is 9.53 Å². The third-order valence-electron chi connectivity index (χ3n) is 2.37. The normalized spacial score (nSPS) is 11.1. The molecule has 4 nitrogen and oxygen atoms in total. The number of ether oxygens (including phenoxy) is 1. The number of nitrogens with zero attached hydrogens (tertiary/aromatic N) is 1. The van der Waals surface area contributed by atoms with Crippen molar-refractivity contribution in [2.24, 2.45) is 5.41 Å². The van der Waals surface area contributed by atoms with Crippen molar-refractivity contribution >= 4 is 5.91 Å². The molecule has 0 fully saturated rings. The molecule has 0 saturated heterocycles. The second-order valence-corrected chi connectivity index (χ2v) is 5.16. The Bertz CT molecular complexity index is 366. The van der Waals surface area contributed by atoms with Crippen molar-refractivity contribution in [3.63, 3.8) is 0 Å². The summed E-state index contributed by atoms with van der Waals surface area (Å²) in [6.45, 7) is 7.12. The van der Waals surface area contributed by atoms with E-state index in [1.807, 2.05) is 0 Å². The highest BCUT2D eigenvalue weighted by Gasteiger charge is 2.11. The zero-order valence-electron chi connectivity index (χ0n) is 10.9. The summed E-state index contributed by atoms with van der Waals surface area (Å²) < 4.78 is 4.93. The van der Waals surface area contributed by atoms with Crippen molar-refractivity contribution in [3.8, 4) is 5.88 Å². The van der Waals surface area contributed by atoms with Crippen LogP contribution in [0.5, 0.6) is 5.88 Å². The molecular weight excluding hydrogens is 216 g/mol. The lowest BCUT2D eigenvalue weighted by Gasteiger charge is -2.17. The van der Waals surface area contributed by atoms with E-state index in [4.69, 9.17) is 4.74 Å². The molecule has 1 amide bonds. The number of hydrogen-bond donors (Lipinski definition) is 1. The van der Waals surface area contributed by atoms with Crippen LogP contribution in [0, 0.1) is 5.41 Å². The highest BCUT2D eigenvalue weighted by molar-refractivity contribution is 5.93. The Hall–Kier alpha value is -1.58. The van der Waals surface area contributed by atoms with Gasteiger partial charge < -0.3 is 10.1 Å². The van der Waals surface area contributed by atoms with E-state index in [1.165, 1.54) is 6.20 Å². The van der Waals surface area contributed by atoms with Crippen molar-refractivity contribution in [1.82, 2.24) is 10.3 Å². The minimum Gasteiger partial charge on any atom is -0.481 e. The maximum Gasteiger partial charge on any atom is 0.252 e. The first-order chi connectivity index (χ1) is 7.92. The van der Waals surface area contributed by atoms with E-state index in [2.05, 4.69) is 31.1 Å². The zero-order valence-corrected chi connectivity index (χ0v) is 10.9. The van der Waals surface area contributed by atoms with Gasteiger partial charge in [-0.3, -0.25) is 4.79 Å². The Balaban J connectivity index is 2.47. The largest absolute Gasteiger partial charge is 0.481 e. The van der Waals surface area contributed by atoms with Crippen LogP contribution in [0.4, 0.5) is 0 Å². The highest BCUT2D eigenvalue weighted by Crippen LogP contribution is 2.17. The molecule has 17 heavy (non-hydrogen) atoms. The van der Waals surface area contributed by atoms with Gasteiger partial charge in [0.1, 0.15) is 0 Å². The van der Waals surface area contributed by atoms with Crippen LogP contribution in [0.2, 0.25) is 0 Å². The molecule has 1 heterocycles. The molecule has 0 saturated carbocycles. The maximum absolute atomic E-state index is 11.7. The second kappa shape index (κ2) is 5.66. The van der Waals surface area contributed by atoms with Gasteiger partial charge in [-0.15, -0.1) is 0 Å². The minimum atomic E-state index is -0.0931. The number of aromatic nitrogens is 1. The van der Waals surface area contributed by atoms with E-state index < -0.39 is 0 Å². The van der Waals surface area contributed by atoms with Gasteiger partial charge >= 0.3 is 0 Å². The van der Waals surface area contributed by atoms with E-state index in [-0.39, 0.29) is 11.3 Å². The summed E-state index contributed by atoms with van der Waals surface area (Å²) in [7, 11) is 1.55. The van der Waals surface area contributed by atoms with Crippen molar-refractivity contribution in [3.05, 3.63) is 23.9 Å². The molecule has 0 unspecified atom stereocenters. The van der Waals surface area contributed by atoms with Gasteiger partial charge in [-0.05, 0) is 17.9 Å². The molecule has 0 spiro atoms. The number of hydrogen-bond acceptors (Lipinski definition) is 3. The molecule has 0 atom stereocenters. The Morgan fingerprint density at radius 3 is 2.59 bits per heavy atom. The van der Waals surface area contributed by atoms with Gasteiger partial charge in [0, 0.05) is 18.8 Å². The fourth-order valence-corrected chi connectivity index (χ4v) is 1.29.